The van der Waals surface area contributed by atoms with Gasteiger partial charge in [0, 0.05) is 12.1 Å². The van der Waals surface area contributed by atoms with Crippen molar-refractivity contribution in [2.75, 3.05) is 26.8 Å². The minimum absolute atomic E-state index is 0.458. The van der Waals surface area contributed by atoms with Crippen LogP contribution in [0.4, 0.5) is 0 Å². The van der Waals surface area contributed by atoms with Gasteiger partial charge in [0.25, 0.3) is 0 Å². The number of hydrogen-bond donors (Lipinski definition) is 0. The van der Waals surface area contributed by atoms with E-state index in [1.807, 2.05) is 13.8 Å². The standard InChI is InChI=1S/C8H15NO.C2H6/c1-9-5-2-3-8(9)4-6-10-7-8;1-2/h2-7H2,1H3;1-2H3. The van der Waals surface area contributed by atoms with E-state index in [1.54, 1.807) is 0 Å². The van der Waals surface area contributed by atoms with Crippen LogP contribution in [0.15, 0.2) is 0 Å². The Balaban J connectivity index is 0.000000336. The fourth-order valence-electron chi connectivity index (χ4n) is 2.17. The SMILES string of the molecule is CC.CN1CCCC12CCOC2. The second-order valence-electron chi connectivity index (χ2n) is 3.55. The second kappa shape index (κ2) is 4.24. The molecule has 0 saturated carbocycles. The maximum Gasteiger partial charge on any atom is 0.0651 e. The molecule has 0 aliphatic carbocycles. The van der Waals surface area contributed by atoms with Crippen LogP contribution < -0.4 is 0 Å². The summed E-state index contributed by atoms with van der Waals surface area (Å²) >= 11 is 0. The zero-order chi connectivity index (χ0) is 9.03. The molecule has 2 aliphatic rings. The summed E-state index contributed by atoms with van der Waals surface area (Å²) in [5.41, 5.74) is 0.458. The van der Waals surface area contributed by atoms with Gasteiger partial charge in [-0.25, -0.2) is 0 Å². The minimum atomic E-state index is 0.458. The Labute approximate surface area is 75.9 Å². The predicted octanol–water partition coefficient (Wildman–Crippen LogP) is 1.90. The fraction of sp³-hybridized carbons (Fsp3) is 1.00. The number of likely N-dealkylation sites (N-methyl/N-ethyl adjacent to an activating group) is 1. The highest BCUT2D eigenvalue weighted by molar-refractivity contribution is 4.96. The summed E-state index contributed by atoms with van der Waals surface area (Å²) in [5.74, 6) is 0. The summed E-state index contributed by atoms with van der Waals surface area (Å²) in [5, 5.41) is 0. The van der Waals surface area contributed by atoms with E-state index in [1.165, 1.54) is 25.8 Å². The Bertz CT molecular complexity index is 124. The van der Waals surface area contributed by atoms with Crippen molar-refractivity contribution >= 4 is 0 Å². The Morgan fingerprint density at radius 2 is 2.00 bits per heavy atom. The van der Waals surface area contributed by atoms with Crippen molar-refractivity contribution in [2.24, 2.45) is 0 Å². The molecular weight excluding hydrogens is 150 g/mol. The van der Waals surface area contributed by atoms with Gasteiger partial charge in [-0.15, -0.1) is 0 Å². The largest absolute Gasteiger partial charge is 0.379 e. The van der Waals surface area contributed by atoms with Gasteiger partial charge in [-0.1, -0.05) is 13.8 Å². The van der Waals surface area contributed by atoms with Gasteiger partial charge in [0.2, 0.25) is 0 Å². The van der Waals surface area contributed by atoms with Gasteiger partial charge < -0.3 is 4.74 Å². The molecule has 2 rings (SSSR count). The first-order valence-corrected chi connectivity index (χ1v) is 5.13. The zero-order valence-corrected chi connectivity index (χ0v) is 8.60. The van der Waals surface area contributed by atoms with Gasteiger partial charge >= 0.3 is 0 Å². The molecule has 12 heavy (non-hydrogen) atoms. The lowest BCUT2D eigenvalue weighted by Gasteiger charge is -2.29. The van der Waals surface area contributed by atoms with E-state index in [0.29, 0.717) is 5.54 Å². The number of hydrogen-bond acceptors (Lipinski definition) is 2. The molecule has 0 amide bonds. The van der Waals surface area contributed by atoms with Crippen LogP contribution in [0.1, 0.15) is 33.1 Å². The Morgan fingerprint density at radius 1 is 1.25 bits per heavy atom. The molecule has 2 saturated heterocycles. The van der Waals surface area contributed by atoms with Crippen LogP contribution in [-0.2, 0) is 4.74 Å². The number of likely N-dealkylation sites (tertiary alicyclic amines) is 1. The molecule has 1 unspecified atom stereocenters. The van der Waals surface area contributed by atoms with Crippen LogP contribution in [0.25, 0.3) is 0 Å². The van der Waals surface area contributed by atoms with Gasteiger partial charge in [-0.2, -0.15) is 0 Å². The van der Waals surface area contributed by atoms with Crippen LogP contribution in [0.2, 0.25) is 0 Å². The van der Waals surface area contributed by atoms with Gasteiger partial charge in [0.15, 0.2) is 0 Å². The topological polar surface area (TPSA) is 12.5 Å². The number of ether oxygens (including phenoxy) is 1. The predicted molar refractivity (Wildman–Crippen MR) is 51.4 cm³/mol. The quantitative estimate of drug-likeness (QED) is 0.552. The van der Waals surface area contributed by atoms with Gasteiger partial charge in [0.1, 0.15) is 0 Å². The molecule has 0 bridgehead atoms. The number of rotatable bonds is 0. The van der Waals surface area contributed by atoms with Gasteiger partial charge in [-0.3, -0.25) is 4.90 Å². The van der Waals surface area contributed by atoms with Crippen molar-refractivity contribution in [2.45, 2.75) is 38.6 Å². The molecule has 72 valence electrons. The lowest BCUT2D eigenvalue weighted by molar-refractivity contribution is 0.121. The van der Waals surface area contributed by atoms with Crippen molar-refractivity contribution in [1.29, 1.82) is 0 Å². The van der Waals surface area contributed by atoms with Crippen LogP contribution in [0, 0.1) is 0 Å². The summed E-state index contributed by atoms with van der Waals surface area (Å²) in [4.78, 5) is 2.47. The average Bonchev–Trinajstić information content (AvgIpc) is 2.70. The first-order valence-electron chi connectivity index (χ1n) is 5.13. The molecule has 1 spiro atoms. The molecule has 2 nitrogen and oxygen atoms in total. The highest BCUT2D eigenvalue weighted by Crippen LogP contribution is 2.34. The first-order chi connectivity index (χ1) is 5.83. The zero-order valence-electron chi connectivity index (χ0n) is 8.60. The Morgan fingerprint density at radius 3 is 2.42 bits per heavy atom. The minimum Gasteiger partial charge on any atom is -0.379 e. The van der Waals surface area contributed by atoms with E-state index < -0.39 is 0 Å². The molecule has 2 heterocycles. The molecule has 0 N–H and O–H groups in total. The van der Waals surface area contributed by atoms with E-state index in [9.17, 15) is 0 Å². The maximum absolute atomic E-state index is 5.41. The lowest BCUT2D eigenvalue weighted by Crippen LogP contribution is -2.41. The third-order valence-corrected chi connectivity index (χ3v) is 3.03. The van der Waals surface area contributed by atoms with Crippen LogP contribution >= 0.6 is 0 Å². The van der Waals surface area contributed by atoms with Crippen LogP contribution in [-0.4, -0.2) is 37.2 Å². The highest BCUT2D eigenvalue weighted by atomic mass is 16.5. The Hall–Kier alpha value is -0.0800. The van der Waals surface area contributed by atoms with Crippen LogP contribution in [0.5, 0.6) is 0 Å². The summed E-state index contributed by atoms with van der Waals surface area (Å²) < 4.78 is 5.41. The summed E-state index contributed by atoms with van der Waals surface area (Å²) in [6.45, 7) is 7.22. The molecule has 1 atom stereocenters. The monoisotopic (exact) mass is 171 g/mol. The third kappa shape index (κ3) is 1.64. The molecule has 2 fully saturated rings. The van der Waals surface area contributed by atoms with Crippen molar-refractivity contribution in [3.63, 3.8) is 0 Å². The molecule has 0 radical (unpaired) electrons. The van der Waals surface area contributed by atoms with Crippen molar-refractivity contribution in [3.8, 4) is 0 Å². The van der Waals surface area contributed by atoms with Crippen LogP contribution in [0.3, 0.4) is 0 Å². The molecule has 2 aliphatic heterocycles. The van der Waals surface area contributed by atoms with Crippen molar-refractivity contribution < 1.29 is 4.74 Å². The first kappa shape index (κ1) is 10.0. The van der Waals surface area contributed by atoms with Gasteiger partial charge in [-0.05, 0) is 32.9 Å². The normalized spacial score (nSPS) is 35.2. The second-order valence-corrected chi connectivity index (χ2v) is 3.55. The van der Waals surface area contributed by atoms with E-state index in [0.717, 1.165) is 13.2 Å². The van der Waals surface area contributed by atoms with E-state index in [2.05, 4.69) is 11.9 Å². The maximum atomic E-state index is 5.41. The van der Waals surface area contributed by atoms with Crippen molar-refractivity contribution in [1.82, 2.24) is 4.90 Å². The average molecular weight is 171 g/mol. The molecule has 2 heteroatoms. The molecular formula is C10H21NO. The molecule has 0 aromatic heterocycles. The summed E-state index contributed by atoms with van der Waals surface area (Å²) in [7, 11) is 2.22. The highest BCUT2D eigenvalue weighted by Gasteiger charge is 2.41. The van der Waals surface area contributed by atoms with E-state index in [4.69, 9.17) is 4.74 Å². The fourth-order valence-corrected chi connectivity index (χ4v) is 2.17. The molecule has 0 aromatic rings. The van der Waals surface area contributed by atoms with Gasteiger partial charge in [0.05, 0.1) is 6.61 Å². The van der Waals surface area contributed by atoms with Crippen molar-refractivity contribution in [3.05, 3.63) is 0 Å². The van der Waals surface area contributed by atoms with E-state index >= 15 is 0 Å². The summed E-state index contributed by atoms with van der Waals surface area (Å²) in [6.07, 6.45) is 3.97. The van der Waals surface area contributed by atoms with E-state index in [-0.39, 0.29) is 0 Å². The smallest absolute Gasteiger partial charge is 0.0651 e. The Kier molecular flexibility index (Phi) is 3.53. The number of nitrogens with zero attached hydrogens (tertiary/aromatic N) is 1. The lowest BCUT2D eigenvalue weighted by atomic mass is 9.96. The third-order valence-electron chi connectivity index (χ3n) is 3.03. The molecule has 0 aromatic carbocycles. The summed E-state index contributed by atoms with van der Waals surface area (Å²) in [6, 6.07) is 0.